The van der Waals surface area contributed by atoms with Gasteiger partial charge >= 0.3 is 0 Å². The minimum Gasteiger partial charge on any atom is -0.399 e. The molecule has 3 N–H and O–H groups in total. The van der Waals surface area contributed by atoms with Gasteiger partial charge in [0, 0.05) is 5.69 Å². The molecular weight excluding hydrogens is 235 g/mol. The second-order valence-electron chi connectivity index (χ2n) is 5.00. The number of hydrogen-bond acceptors (Lipinski definition) is 3. The number of nitrogens with one attached hydrogen (secondary N) is 1. The predicted octanol–water partition coefficient (Wildman–Crippen LogP) is 2.55. The van der Waals surface area contributed by atoms with Gasteiger partial charge in [0.1, 0.15) is 5.82 Å². The second-order valence-corrected chi connectivity index (χ2v) is 5.00. The van der Waals surface area contributed by atoms with E-state index in [-0.39, 0.29) is 23.6 Å². The summed E-state index contributed by atoms with van der Waals surface area (Å²) in [4.78, 5) is 11.6. The van der Waals surface area contributed by atoms with Crippen LogP contribution >= 0.6 is 0 Å². The number of halogens is 1. The van der Waals surface area contributed by atoms with E-state index in [1.807, 2.05) is 20.8 Å². The van der Waals surface area contributed by atoms with Crippen molar-refractivity contribution in [3.63, 3.8) is 0 Å². The van der Waals surface area contributed by atoms with E-state index in [9.17, 15) is 9.18 Å². The van der Waals surface area contributed by atoms with Crippen LogP contribution in [0.3, 0.4) is 0 Å². The van der Waals surface area contributed by atoms with Crippen LogP contribution in [0.1, 0.15) is 27.2 Å². The van der Waals surface area contributed by atoms with Crippen LogP contribution in [0.4, 0.5) is 15.8 Å². The molecule has 100 valence electrons. The highest BCUT2D eigenvalue weighted by Gasteiger charge is 2.12. The van der Waals surface area contributed by atoms with Gasteiger partial charge in [0.05, 0.1) is 24.3 Å². The Bertz CT molecular complexity index is 427. The molecule has 1 aromatic rings. The summed E-state index contributed by atoms with van der Waals surface area (Å²) in [6.07, 6.45) is 0.172. The fourth-order valence-electron chi connectivity index (χ4n) is 1.30. The summed E-state index contributed by atoms with van der Waals surface area (Å²) in [5.74, 6) is -0.807. The molecule has 0 aliphatic carbocycles. The first-order valence-electron chi connectivity index (χ1n) is 5.77. The van der Waals surface area contributed by atoms with Gasteiger partial charge in [-0.2, -0.15) is 0 Å². The highest BCUT2D eigenvalue weighted by atomic mass is 19.1. The molecule has 0 saturated heterocycles. The average Bonchev–Trinajstić information content (AvgIpc) is 2.21. The summed E-state index contributed by atoms with van der Waals surface area (Å²) in [5.41, 5.74) is 5.72. The van der Waals surface area contributed by atoms with Gasteiger partial charge in [0.2, 0.25) is 5.91 Å². The number of ether oxygens (including phenoxy) is 1. The van der Waals surface area contributed by atoms with Crippen molar-refractivity contribution in [3.8, 4) is 0 Å². The Balaban J connectivity index is 2.47. The number of hydrogen-bond donors (Lipinski definition) is 2. The van der Waals surface area contributed by atoms with Gasteiger partial charge in [0.15, 0.2) is 0 Å². The number of nitrogen functional groups attached to an aromatic ring is 1. The molecule has 1 aromatic carbocycles. The molecule has 0 radical (unpaired) electrons. The van der Waals surface area contributed by atoms with Crippen LogP contribution < -0.4 is 11.1 Å². The molecule has 1 rings (SSSR count). The first-order chi connectivity index (χ1) is 8.28. The third kappa shape index (κ3) is 5.14. The van der Waals surface area contributed by atoms with Gasteiger partial charge in [-0.1, -0.05) is 0 Å². The van der Waals surface area contributed by atoms with Crippen molar-refractivity contribution in [2.75, 3.05) is 17.7 Å². The van der Waals surface area contributed by atoms with E-state index in [1.54, 1.807) is 0 Å². The zero-order valence-electron chi connectivity index (χ0n) is 10.9. The smallest absolute Gasteiger partial charge is 0.226 e. The summed E-state index contributed by atoms with van der Waals surface area (Å²) in [5, 5.41) is 2.46. The van der Waals surface area contributed by atoms with Crippen LogP contribution in [0.2, 0.25) is 0 Å². The zero-order chi connectivity index (χ0) is 13.8. The Morgan fingerprint density at radius 1 is 1.44 bits per heavy atom. The number of amides is 1. The molecule has 0 bridgehead atoms. The molecule has 0 aliphatic rings. The van der Waals surface area contributed by atoms with E-state index in [2.05, 4.69) is 5.32 Å². The maximum absolute atomic E-state index is 13.3. The number of carbonyl (C=O) groups is 1. The van der Waals surface area contributed by atoms with Crippen LogP contribution in [-0.4, -0.2) is 18.1 Å². The third-order valence-electron chi connectivity index (χ3n) is 2.13. The number of carbonyl (C=O) groups excluding carboxylic acids is 1. The van der Waals surface area contributed by atoms with Gasteiger partial charge in [-0.15, -0.1) is 0 Å². The Morgan fingerprint density at radius 2 is 2.11 bits per heavy atom. The largest absolute Gasteiger partial charge is 0.399 e. The summed E-state index contributed by atoms with van der Waals surface area (Å²) in [6, 6.07) is 4.04. The van der Waals surface area contributed by atoms with Gasteiger partial charge in [-0.25, -0.2) is 4.39 Å². The van der Waals surface area contributed by atoms with Crippen LogP contribution in [0.25, 0.3) is 0 Å². The molecule has 0 atom stereocenters. The highest BCUT2D eigenvalue weighted by Crippen LogP contribution is 2.17. The summed E-state index contributed by atoms with van der Waals surface area (Å²) < 4.78 is 18.8. The minimum atomic E-state index is -0.505. The van der Waals surface area contributed by atoms with Gasteiger partial charge < -0.3 is 15.8 Å². The zero-order valence-corrected chi connectivity index (χ0v) is 10.9. The SMILES string of the molecule is CC(C)(C)OCCC(=O)Nc1cc(N)ccc1F. The molecular formula is C13H19FN2O2. The third-order valence-corrected chi connectivity index (χ3v) is 2.13. The number of nitrogens with two attached hydrogens (primary N) is 1. The van der Waals surface area contributed by atoms with Crippen molar-refractivity contribution in [3.05, 3.63) is 24.0 Å². The summed E-state index contributed by atoms with van der Waals surface area (Å²) in [6.45, 7) is 6.01. The highest BCUT2D eigenvalue weighted by molar-refractivity contribution is 5.91. The molecule has 0 aliphatic heterocycles. The van der Waals surface area contributed by atoms with E-state index in [0.29, 0.717) is 12.3 Å². The lowest BCUT2D eigenvalue weighted by atomic mass is 10.2. The predicted molar refractivity (Wildman–Crippen MR) is 69.8 cm³/mol. The molecule has 0 unspecified atom stereocenters. The second kappa shape index (κ2) is 5.82. The maximum Gasteiger partial charge on any atom is 0.226 e. The first kappa shape index (κ1) is 14.4. The number of benzene rings is 1. The normalized spacial score (nSPS) is 11.3. The lowest BCUT2D eigenvalue weighted by Crippen LogP contribution is -2.23. The van der Waals surface area contributed by atoms with Crippen LogP contribution in [0.5, 0.6) is 0 Å². The Labute approximate surface area is 106 Å². The minimum absolute atomic E-state index is 0.0933. The summed E-state index contributed by atoms with van der Waals surface area (Å²) in [7, 11) is 0. The topological polar surface area (TPSA) is 64.3 Å². The fraction of sp³-hybridized carbons (Fsp3) is 0.462. The fourth-order valence-corrected chi connectivity index (χ4v) is 1.30. The standard InChI is InChI=1S/C13H19FN2O2/c1-13(2,3)18-7-6-12(17)16-11-8-9(15)4-5-10(11)14/h4-5,8H,6-7,15H2,1-3H3,(H,16,17). The Hall–Kier alpha value is -1.62. The van der Waals surface area contributed by atoms with Crippen molar-refractivity contribution < 1.29 is 13.9 Å². The van der Waals surface area contributed by atoms with Crippen molar-refractivity contribution >= 4 is 17.3 Å². The van der Waals surface area contributed by atoms with Crippen molar-refractivity contribution in [1.29, 1.82) is 0 Å². The van der Waals surface area contributed by atoms with E-state index in [1.165, 1.54) is 18.2 Å². The summed E-state index contributed by atoms with van der Waals surface area (Å²) >= 11 is 0. The molecule has 0 aromatic heterocycles. The van der Waals surface area contributed by atoms with Gasteiger partial charge in [-0.05, 0) is 39.0 Å². The molecule has 18 heavy (non-hydrogen) atoms. The molecule has 0 spiro atoms. The molecule has 0 heterocycles. The van der Waals surface area contributed by atoms with E-state index in [4.69, 9.17) is 10.5 Å². The molecule has 1 amide bonds. The van der Waals surface area contributed by atoms with Crippen LogP contribution in [0.15, 0.2) is 18.2 Å². The monoisotopic (exact) mass is 254 g/mol. The quantitative estimate of drug-likeness (QED) is 0.811. The van der Waals surface area contributed by atoms with E-state index < -0.39 is 5.82 Å². The molecule has 0 fully saturated rings. The van der Waals surface area contributed by atoms with Crippen LogP contribution in [0, 0.1) is 5.82 Å². The van der Waals surface area contributed by atoms with Gasteiger partial charge in [-0.3, -0.25) is 4.79 Å². The number of anilines is 2. The van der Waals surface area contributed by atoms with Crippen molar-refractivity contribution in [2.24, 2.45) is 0 Å². The van der Waals surface area contributed by atoms with Crippen molar-refractivity contribution in [2.45, 2.75) is 32.8 Å². The average molecular weight is 254 g/mol. The van der Waals surface area contributed by atoms with Crippen LogP contribution in [-0.2, 0) is 9.53 Å². The molecule has 4 nitrogen and oxygen atoms in total. The lowest BCUT2D eigenvalue weighted by Gasteiger charge is -2.19. The lowest BCUT2D eigenvalue weighted by molar-refractivity contribution is -0.118. The van der Waals surface area contributed by atoms with E-state index >= 15 is 0 Å². The Morgan fingerprint density at radius 3 is 2.72 bits per heavy atom. The number of rotatable bonds is 4. The van der Waals surface area contributed by atoms with E-state index in [0.717, 1.165) is 0 Å². The molecule has 0 saturated carbocycles. The first-order valence-corrected chi connectivity index (χ1v) is 5.77. The molecule has 5 heteroatoms. The van der Waals surface area contributed by atoms with Gasteiger partial charge in [0.25, 0.3) is 0 Å². The maximum atomic E-state index is 13.3. The van der Waals surface area contributed by atoms with Crippen molar-refractivity contribution in [1.82, 2.24) is 0 Å². The Kier molecular flexibility index (Phi) is 4.67.